The number of hydrogen-bond acceptors (Lipinski definition) is 3. The van der Waals surface area contributed by atoms with Gasteiger partial charge < -0.3 is 10.1 Å². The molecule has 118 valence electrons. The molecule has 6 heteroatoms. The molecule has 2 heterocycles. The van der Waals surface area contributed by atoms with Gasteiger partial charge in [0.05, 0.1) is 17.6 Å². The highest BCUT2D eigenvalue weighted by molar-refractivity contribution is 5.77. The van der Waals surface area contributed by atoms with Gasteiger partial charge in [-0.3, -0.25) is 13.9 Å². The number of ether oxygens (including phenoxy) is 1. The van der Waals surface area contributed by atoms with Crippen LogP contribution in [0.25, 0.3) is 11.0 Å². The molecule has 1 aliphatic heterocycles. The second kappa shape index (κ2) is 6.36. The summed E-state index contributed by atoms with van der Waals surface area (Å²) in [5.41, 5.74) is 1.67. The molecule has 1 saturated heterocycles. The van der Waals surface area contributed by atoms with Gasteiger partial charge in [-0.05, 0) is 18.6 Å². The number of imidazole rings is 1. The number of para-hydroxylation sites is 2. The van der Waals surface area contributed by atoms with Crippen LogP contribution >= 0.6 is 0 Å². The maximum absolute atomic E-state index is 12.2. The van der Waals surface area contributed by atoms with E-state index in [1.54, 1.807) is 16.2 Å². The molecule has 1 atom stereocenters. The zero-order chi connectivity index (χ0) is 15.5. The number of nitrogens with zero attached hydrogens (tertiary/aromatic N) is 2. The van der Waals surface area contributed by atoms with Gasteiger partial charge in [-0.1, -0.05) is 12.1 Å². The Hall–Kier alpha value is -2.08. The molecular weight excluding hydrogens is 282 g/mol. The van der Waals surface area contributed by atoms with E-state index in [-0.39, 0.29) is 11.6 Å². The van der Waals surface area contributed by atoms with Crippen LogP contribution in [-0.2, 0) is 23.1 Å². The lowest BCUT2D eigenvalue weighted by Gasteiger charge is -2.09. The summed E-state index contributed by atoms with van der Waals surface area (Å²) in [6.45, 7) is 2.56. The summed E-state index contributed by atoms with van der Waals surface area (Å²) in [5, 5.41) is 2.93. The third-order valence-electron chi connectivity index (χ3n) is 4.23. The fourth-order valence-electron chi connectivity index (χ4n) is 2.88. The number of nitrogens with one attached hydrogen (secondary N) is 1. The molecule has 2 aromatic rings. The number of rotatable bonds is 5. The van der Waals surface area contributed by atoms with E-state index >= 15 is 0 Å². The van der Waals surface area contributed by atoms with E-state index in [0.717, 1.165) is 30.7 Å². The molecule has 0 spiro atoms. The Morgan fingerprint density at radius 1 is 1.36 bits per heavy atom. The van der Waals surface area contributed by atoms with E-state index in [9.17, 15) is 9.59 Å². The van der Waals surface area contributed by atoms with Crippen LogP contribution in [0.1, 0.15) is 12.8 Å². The second-order valence-corrected chi connectivity index (χ2v) is 5.77. The molecule has 1 aromatic heterocycles. The number of benzene rings is 1. The Bertz CT molecular complexity index is 726. The summed E-state index contributed by atoms with van der Waals surface area (Å²) < 4.78 is 8.56. The molecule has 1 aromatic carbocycles. The maximum Gasteiger partial charge on any atom is 0.328 e. The summed E-state index contributed by atoms with van der Waals surface area (Å²) >= 11 is 0. The molecule has 1 aliphatic rings. The van der Waals surface area contributed by atoms with Crippen molar-refractivity contribution < 1.29 is 9.53 Å². The van der Waals surface area contributed by atoms with Crippen molar-refractivity contribution in [3.8, 4) is 0 Å². The predicted molar refractivity (Wildman–Crippen MR) is 83.7 cm³/mol. The number of aromatic nitrogens is 2. The van der Waals surface area contributed by atoms with Crippen LogP contribution in [0.4, 0.5) is 0 Å². The van der Waals surface area contributed by atoms with Crippen LogP contribution in [0, 0.1) is 5.92 Å². The average Bonchev–Trinajstić information content (AvgIpc) is 3.13. The third kappa shape index (κ3) is 2.92. The highest BCUT2D eigenvalue weighted by Gasteiger charge is 2.16. The molecule has 0 bridgehead atoms. The van der Waals surface area contributed by atoms with E-state index in [1.165, 1.54) is 0 Å². The number of carbonyl (C=O) groups is 1. The van der Waals surface area contributed by atoms with Crippen LogP contribution in [0.15, 0.2) is 29.1 Å². The van der Waals surface area contributed by atoms with Gasteiger partial charge in [0.25, 0.3) is 0 Å². The first-order valence-electron chi connectivity index (χ1n) is 7.65. The Kier molecular flexibility index (Phi) is 4.29. The third-order valence-corrected chi connectivity index (χ3v) is 4.23. The van der Waals surface area contributed by atoms with Gasteiger partial charge in [-0.15, -0.1) is 0 Å². The summed E-state index contributed by atoms with van der Waals surface area (Å²) in [4.78, 5) is 24.2. The Morgan fingerprint density at radius 2 is 2.14 bits per heavy atom. The fraction of sp³-hybridized carbons (Fsp3) is 0.500. The van der Waals surface area contributed by atoms with Crippen molar-refractivity contribution in [2.24, 2.45) is 13.0 Å². The molecule has 1 unspecified atom stereocenters. The molecule has 0 saturated carbocycles. The minimum Gasteiger partial charge on any atom is -0.381 e. The molecule has 1 N–H and O–H groups in total. The first-order valence-corrected chi connectivity index (χ1v) is 7.65. The Morgan fingerprint density at radius 3 is 2.86 bits per heavy atom. The van der Waals surface area contributed by atoms with E-state index in [4.69, 9.17) is 4.74 Å². The SMILES string of the molecule is Cn1c(=O)n(CCC(=O)NCC2CCOC2)c2ccccc21. The fourth-order valence-corrected chi connectivity index (χ4v) is 2.88. The van der Waals surface area contributed by atoms with Gasteiger partial charge in [-0.25, -0.2) is 4.79 Å². The van der Waals surface area contributed by atoms with Crippen molar-refractivity contribution in [1.29, 1.82) is 0 Å². The lowest BCUT2D eigenvalue weighted by atomic mass is 10.1. The van der Waals surface area contributed by atoms with Gasteiger partial charge in [0, 0.05) is 39.1 Å². The van der Waals surface area contributed by atoms with Gasteiger partial charge in [0.15, 0.2) is 0 Å². The van der Waals surface area contributed by atoms with Gasteiger partial charge in [0.2, 0.25) is 5.91 Å². The van der Waals surface area contributed by atoms with Crippen molar-refractivity contribution in [2.75, 3.05) is 19.8 Å². The van der Waals surface area contributed by atoms with Gasteiger partial charge >= 0.3 is 5.69 Å². The number of fused-ring (bicyclic) bond motifs is 1. The molecule has 6 nitrogen and oxygen atoms in total. The minimum atomic E-state index is -0.0850. The zero-order valence-electron chi connectivity index (χ0n) is 12.7. The minimum absolute atomic E-state index is 0.0215. The monoisotopic (exact) mass is 303 g/mol. The zero-order valence-corrected chi connectivity index (χ0v) is 12.7. The van der Waals surface area contributed by atoms with Gasteiger partial charge in [0.1, 0.15) is 0 Å². The summed E-state index contributed by atoms with van der Waals surface area (Å²) in [7, 11) is 1.75. The molecule has 0 aliphatic carbocycles. The quantitative estimate of drug-likeness (QED) is 0.892. The molecule has 1 amide bonds. The number of aryl methyl sites for hydroxylation is 2. The summed E-state index contributed by atoms with van der Waals surface area (Å²) in [6.07, 6.45) is 1.31. The van der Waals surface area contributed by atoms with E-state index in [2.05, 4.69) is 5.32 Å². The number of hydrogen-bond donors (Lipinski definition) is 1. The van der Waals surface area contributed by atoms with E-state index in [1.807, 2.05) is 24.3 Å². The topological polar surface area (TPSA) is 65.3 Å². The predicted octanol–water partition coefficient (Wildman–Crippen LogP) is 0.883. The van der Waals surface area contributed by atoms with Crippen molar-refractivity contribution in [3.05, 3.63) is 34.7 Å². The Balaban J connectivity index is 1.62. The van der Waals surface area contributed by atoms with E-state index < -0.39 is 0 Å². The average molecular weight is 303 g/mol. The highest BCUT2D eigenvalue weighted by Crippen LogP contribution is 2.12. The van der Waals surface area contributed by atoms with Crippen LogP contribution in [0.5, 0.6) is 0 Å². The lowest BCUT2D eigenvalue weighted by molar-refractivity contribution is -0.121. The van der Waals surface area contributed by atoms with Crippen molar-refractivity contribution in [2.45, 2.75) is 19.4 Å². The largest absolute Gasteiger partial charge is 0.381 e. The molecule has 22 heavy (non-hydrogen) atoms. The normalized spacial score (nSPS) is 18.0. The summed E-state index contributed by atoms with van der Waals surface area (Å²) in [5.74, 6) is 0.399. The molecular formula is C16H21N3O3. The van der Waals surface area contributed by atoms with Gasteiger partial charge in [-0.2, -0.15) is 0 Å². The second-order valence-electron chi connectivity index (χ2n) is 5.77. The van der Waals surface area contributed by atoms with Crippen LogP contribution in [0.3, 0.4) is 0 Å². The summed E-state index contributed by atoms with van der Waals surface area (Å²) in [6, 6.07) is 7.62. The van der Waals surface area contributed by atoms with Crippen molar-refractivity contribution in [3.63, 3.8) is 0 Å². The van der Waals surface area contributed by atoms with E-state index in [0.29, 0.717) is 25.4 Å². The molecule has 3 rings (SSSR count). The number of carbonyl (C=O) groups excluding carboxylic acids is 1. The maximum atomic E-state index is 12.2. The lowest BCUT2D eigenvalue weighted by Crippen LogP contribution is -2.31. The first kappa shape index (κ1) is 14.8. The number of amides is 1. The van der Waals surface area contributed by atoms with Crippen LogP contribution < -0.4 is 11.0 Å². The highest BCUT2D eigenvalue weighted by atomic mass is 16.5. The smallest absolute Gasteiger partial charge is 0.328 e. The van der Waals surface area contributed by atoms with Crippen LogP contribution in [-0.4, -0.2) is 34.8 Å². The van der Waals surface area contributed by atoms with Crippen molar-refractivity contribution >= 4 is 16.9 Å². The Labute approximate surface area is 128 Å². The first-order chi connectivity index (χ1) is 10.7. The molecule has 0 radical (unpaired) electrons. The molecule has 1 fully saturated rings. The van der Waals surface area contributed by atoms with Crippen LogP contribution in [0.2, 0.25) is 0 Å². The standard InChI is InChI=1S/C16H21N3O3/c1-18-13-4-2-3-5-14(13)19(16(18)21)8-6-15(20)17-10-12-7-9-22-11-12/h2-5,12H,6-11H2,1H3,(H,17,20). The van der Waals surface area contributed by atoms with Crippen molar-refractivity contribution in [1.82, 2.24) is 14.5 Å².